The van der Waals surface area contributed by atoms with E-state index in [-0.39, 0.29) is 6.54 Å². The van der Waals surface area contributed by atoms with Crippen LogP contribution in [0.25, 0.3) is 11.1 Å². The van der Waals surface area contributed by atoms with E-state index >= 15 is 4.39 Å². The summed E-state index contributed by atoms with van der Waals surface area (Å²) in [5.41, 5.74) is 3.98. The van der Waals surface area contributed by atoms with Crippen LogP contribution in [0, 0.1) is 0 Å². The van der Waals surface area contributed by atoms with Crippen molar-refractivity contribution in [2.45, 2.75) is 37.9 Å². The third-order valence-electron chi connectivity index (χ3n) is 6.15. The van der Waals surface area contributed by atoms with E-state index in [0.717, 1.165) is 28.9 Å². The summed E-state index contributed by atoms with van der Waals surface area (Å²) in [5.74, 6) is -1.05. The van der Waals surface area contributed by atoms with Gasteiger partial charge in [-0.1, -0.05) is 0 Å². The summed E-state index contributed by atoms with van der Waals surface area (Å²) >= 11 is 0. The molecule has 0 aliphatic carbocycles. The number of H-pyrrole nitrogens is 1. The van der Waals surface area contributed by atoms with E-state index in [0.29, 0.717) is 38.3 Å². The van der Waals surface area contributed by atoms with Gasteiger partial charge in [0.05, 0.1) is 12.2 Å². The van der Waals surface area contributed by atoms with Crippen LogP contribution in [0.4, 0.5) is 20.3 Å². The molecule has 2 fully saturated rings. The van der Waals surface area contributed by atoms with E-state index in [9.17, 15) is 4.39 Å². The summed E-state index contributed by atoms with van der Waals surface area (Å²) in [5, 5.41) is 3.32. The van der Waals surface area contributed by atoms with Crippen molar-refractivity contribution in [3.63, 3.8) is 0 Å². The van der Waals surface area contributed by atoms with Crippen LogP contribution >= 0.6 is 0 Å². The second-order valence-corrected chi connectivity index (χ2v) is 8.22. The van der Waals surface area contributed by atoms with E-state index < -0.39 is 12.1 Å². The molecule has 2 aliphatic rings. The van der Waals surface area contributed by atoms with Gasteiger partial charge in [-0.3, -0.25) is 9.88 Å². The summed E-state index contributed by atoms with van der Waals surface area (Å²) in [6, 6.07) is 9.75. The van der Waals surface area contributed by atoms with Crippen LogP contribution < -0.4 is 10.2 Å². The fourth-order valence-electron chi connectivity index (χ4n) is 4.51. The number of anilines is 2. The number of nitrogens with one attached hydrogen (secondary N) is 2. The van der Waals surface area contributed by atoms with Crippen LogP contribution in [0.3, 0.4) is 0 Å². The molecule has 0 radical (unpaired) electrons. The molecule has 1 unspecified atom stereocenters. The van der Waals surface area contributed by atoms with Crippen molar-refractivity contribution in [2.24, 2.45) is 0 Å². The van der Waals surface area contributed by atoms with Crippen LogP contribution in [-0.2, 0) is 6.54 Å². The second-order valence-electron chi connectivity index (χ2n) is 8.22. The second kappa shape index (κ2) is 8.26. The van der Waals surface area contributed by atoms with Crippen LogP contribution in [-0.4, -0.2) is 51.6 Å². The fraction of sp³-hybridized carbons (Fsp3) is 0.391. The zero-order chi connectivity index (χ0) is 21.3. The van der Waals surface area contributed by atoms with Crippen LogP contribution in [0.2, 0.25) is 0 Å². The molecule has 0 bridgehead atoms. The highest BCUT2D eigenvalue weighted by molar-refractivity contribution is 5.64. The van der Waals surface area contributed by atoms with Crippen molar-refractivity contribution in [1.82, 2.24) is 19.9 Å². The molecule has 5 heterocycles. The minimum absolute atomic E-state index is 0.157. The number of hydrogen-bond donors (Lipinski definition) is 2. The number of nitrogens with zero attached hydrogens (tertiary/aromatic N) is 4. The highest BCUT2D eigenvalue weighted by Gasteiger charge is 2.49. The Labute approximate surface area is 180 Å². The van der Waals surface area contributed by atoms with Gasteiger partial charge < -0.3 is 15.2 Å². The van der Waals surface area contributed by atoms with Gasteiger partial charge >= 0.3 is 0 Å². The van der Waals surface area contributed by atoms with E-state index in [2.05, 4.69) is 26.3 Å². The Morgan fingerprint density at radius 1 is 1.19 bits per heavy atom. The lowest BCUT2D eigenvalue weighted by molar-refractivity contribution is -0.0128. The Kier molecular flexibility index (Phi) is 5.31. The zero-order valence-electron chi connectivity index (χ0n) is 17.3. The van der Waals surface area contributed by atoms with E-state index in [4.69, 9.17) is 0 Å². The SMILES string of the molecule is FC1CCN([C@]2(F)CCCN2c2ccc(-c3c[nH]c(CNc4cccnc4)c3)cn2)C1. The number of rotatable bonds is 6. The highest BCUT2D eigenvalue weighted by Crippen LogP contribution is 2.39. The number of likely N-dealkylation sites (tertiary alicyclic amines) is 1. The lowest BCUT2D eigenvalue weighted by Gasteiger charge is -2.39. The molecule has 3 aromatic rings. The molecule has 0 amide bonds. The molecule has 6 nitrogen and oxygen atoms in total. The lowest BCUT2D eigenvalue weighted by atomic mass is 10.1. The molecule has 8 heteroatoms. The van der Waals surface area contributed by atoms with Gasteiger partial charge in [-0.15, -0.1) is 0 Å². The number of hydrogen-bond acceptors (Lipinski definition) is 5. The Morgan fingerprint density at radius 3 is 2.87 bits per heavy atom. The first-order chi connectivity index (χ1) is 15.1. The van der Waals surface area contributed by atoms with E-state index in [1.165, 1.54) is 0 Å². The third-order valence-corrected chi connectivity index (χ3v) is 6.15. The summed E-state index contributed by atoms with van der Waals surface area (Å²) in [7, 11) is 0. The predicted octanol–water partition coefficient (Wildman–Crippen LogP) is 4.35. The smallest absolute Gasteiger partial charge is 0.241 e. The molecule has 5 rings (SSSR count). The van der Waals surface area contributed by atoms with Crippen molar-refractivity contribution in [3.05, 3.63) is 60.8 Å². The monoisotopic (exact) mass is 424 g/mol. The maximum absolute atomic E-state index is 15.8. The van der Waals surface area contributed by atoms with E-state index in [1.54, 1.807) is 28.4 Å². The Hall–Kier alpha value is -3.00. The topological polar surface area (TPSA) is 60.1 Å². The summed E-state index contributed by atoms with van der Waals surface area (Å²) in [6.45, 7) is 1.85. The fourth-order valence-corrected chi connectivity index (χ4v) is 4.51. The standard InChI is InChI=1S/C23H26F2N6/c24-19-6-10-30(16-19)23(25)7-2-9-31(23)22-5-4-17(12-29-22)18-11-21(27-13-18)15-28-20-3-1-8-26-14-20/h1,3-5,8,11-14,19,27-28H,2,6-7,9-10,15-16H2/t19?,23-/m1/s1. The minimum atomic E-state index is -1.64. The largest absolute Gasteiger partial charge is 0.378 e. The molecule has 0 spiro atoms. The van der Waals surface area contributed by atoms with Crippen molar-refractivity contribution >= 4 is 11.5 Å². The average Bonchev–Trinajstić information content (AvgIpc) is 3.54. The molecule has 2 atom stereocenters. The maximum atomic E-state index is 15.8. The van der Waals surface area contributed by atoms with Gasteiger partial charge in [0, 0.05) is 67.7 Å². The van der Waals surface area contributed by atoms with Crippen LogP contribution in [0.5, 0.6) is 0 Å². The molecule has 0 aromatic carbocycles. The van der Waals surface area contributed by atoms with Crippen LogP contribution in [0.1, 0.15) is 25.0 Å². The summed E-state index contributed by atoms with van der Waals surface area (Å²) < 4.78 is 29.5. The first-order valence-corrected chi connectivity index (χ1v) is 10.8. The van der Waals surface area contributed by atoms with Gasteiger partial charge in [0.1, 0.15) is 12.0 Å². The molecule has 162 valence electrons. The molecular weight excluding hydrogens is 398 g/mol. The Bertz CT molecular complexity index is 1010. The molecular formula is C23H26F2N6. The van der Waals surface area contributed by atoms with Crippen molar-refractivity contribution < 1.29 is 8.78 Å². The highest BCUT2D eigenvalue weighted by atomic mass is 19.2. The summed E-state index contributed by atoms with van der Waals surface area (Å²) in [6.07, 6.45) is 7.82. The first-order valence-electron chi connectivity index (χ1n) is 10.8. The third kappa shape index (κ3) is 3.99. The minimum Gasteiger partial charge on any atom is -0.378 e. The quantitative estimate of drug-likeness (QED) is 0.576. The maximum Gasteiger partial charge on any atom is 0.241 e. The zero-order valence-corrected chi connectivity index (χ0v) is 17.3. The van der Waals surface area contributed by atoms with Crippen molar-refractivity contribution in [1.29, 1.82) is 0 Å². The van der Waals surface area contributed by atoms with Gasteiger partial charge in [-0.25, -0.2) is 13.8 Å². The van der Waals surface area contributed by atoms with Crippen LogP contribution in [0.15, 0.2) is 55.1 Å². The number of aromatic amines is 1. The molecule has 3 aromatic heterocycles. The lowest BCUT2D eigenvalue weighted by Crippen LogP contribution is -2.54. The molecule has 31 heavy (non-hydrogen) atoms. The molecule has 2 aliphatic heterocycles. The number of aromatic nitrogens is 3. The molecule has 2 saturated heterocycles. The normalized spacial score (nSPS) is 24.1. The number of halogens is 2. The van der Waals surface area contributed by atoms with Gasteiger partial charge in [0.15, 0.2) is 0 Å². The Morgan fingerprint density at radius 2 is 2.13 bits per heavy atom. The van der Waals surface area contributed by atoms with Gasteiger partial charge in [0.2, 0.25) is 5.92 Å². The van der Waals surface area contributed by atoms with Crippen molar-refractivity contribution in [2.75, 3.05) is 29.9 Å². The number of pyridine rings is 2. The van der Waals surface area contributed by atoms with Crippen molar-refractivity contribution in [3.8, 4) is 11.1 Å². The first kappa shape index (κ1) is 19.9. The molecule has 0 saturated carbocycles. The van der Waals surface area contributed by atoms with Gasteiger partial charge in [-0.05, 0) is 43.2 Å². The number of alkyl halides is 2. The Balaban J connectivity index is 1.27. The van der Waals surface area contributed by atoms with E-state index in [1.807, 2.05) is 30.5 Å². The van der Waals surface area contributed by atoms with Gasteiger partial charge in [-0.2, -0.15) is 0 Å². The predicted molar refractivity (Wildman–Crippen MR) is 117 cm³/mol. The van der Waals surface area contributed by atoms with Gasteiger partial charge in [0.25, 0.3) is 0 Å². The average molecular weight is 424 g/mol. The summed E-state index contributed by atoms with van der Waals surface area (Å²) in [4.78, 5) is 15.2. The molecule has 2 N–H and O–H groups in total.